The van der Waals surface area contributed by atoms with Crippen LogP contribution in [0, 0.1) is 0 Å². The van der Waals surface area contributed by atoms with Gasteiger partial charge in [0.15, 0.2) is 0 Å². The maximum absolute atomic E-state index is 12.1. The Kier molecular flexibility index (Phi) is 5.37. The molecule has 1 aliphatic rings. The topological polar surface area (TPSA) is 92.7 Å². The van der Waals surface area contributed by atoms with Crippen LogP contribution in [0.2, 0.25) is 0 Å². The fourth-order valence-corrected chi connectivity index (χ4v) is 3.63. The smallest absolute Gasteiger partial charge is 0.336 e. The predicted molar refractivity (Wildman–Crippen MR) is 79.9 cm³/mol. The third-order valence-corrected chi connectivity index (χ3v) is 5.41. The second-order valence-electron chi connectivity index (χ2n) is 4.77. The van der Waals surface area contributed by atoms with Crippen LogP contribution in [0.15, 0.2) is 27.6 Å². The van der Waals surface area contributed by atoms with E-state index in [4.69, 9.17) is 9.84 Å². The number of aromatic carboxylic acids is 1. The van der Waals surface area contributed by atoms with Gasteiger partial charge in [0.2, 0.25) is 10.0 Å². The van der Waals surface area contributed by atoms with Gasteiger partial charge in [0.1, 0.15) is 0 Å². The fourth-order valence-electron chi connectivity index (χ4n) is 2.15. The molecule has 1 saturated heterocycles. The molecule has 0 radical (unpaired) electrons. The van der Waals surface area contributed by atoms with E-state index in [1.54, 1.807) is 0 Å². The molecule has 2 N–H and O–H groups in total. The largest absolute Gasteiger partial charge is 0.478 e. The monoisotopic (exact) mass is 377 g/mol. The minimum Gasteiger partial charge on any atom is -0.478 e. The van der Waals surface area contributed by atoms with Gasteiger partial charge >= 0.3 is 5.97 Å². The number of benzene rings is 1. The first-order valence-electron chi connectivity index (χ1n) is 6.54. The van der Waals surface area contributed by atoms with Crippen molar-refractivity contribution in [3.63, 3.8) is 0 Å². The molecule has 116 valence electrons. The molecule has 21 heavy (non-hydrogen) atoms. The van der Waals surface area contributed by atoms with Gasteiger partial charge in [-0.3, -0.25) is 0 Å². The molecule has 0 spiro atoms. The predicted octanol–water partition coefficient (Wildman–Crippen LogP) is 1.99. The summed E-state index contributed by atoms with van der Waals surface area (Å²) >= 11 is 3.08. The molecule has 0 amide bonds. The van der Waals surface area contributed by atoms with E-state index in [2.05, 4.69) is 20.7 Å². The highest BCUT2D eigenvalue weighted by molar-refractivity contribution is 9.10. The van der Waals surface area contributed by atoms with Gasteiger partial charge in [-0.2, -0.15) is 0 Å². The van der Waals surface area contributed by atoms with Gasteiger partial charge in [-0.15, -0.1) is 0 Å². The van der Waals surface area contributed by atoms with Crippen LogP contribution in [0.5, 0.6) is 0 Å². The zero-order valence-electron chi connectivity index (χ0n) is 11.2. The Hall–Kier alpha value is -0.960. The molecule has 8 heteroatoms. The van der Waals surface area contributed by atoms with Crippen LogP contribution in [-0.4, -0.2) is 38.7 Å². The lowest BCUT2D eigenvalue weighted by Gasteiger charge is -2.11. The number of halogens is 1. The van der Waals surface area contributed by atoms with E-state index < -0.39 is 16.0 Å². The summed E-state index contributed by atoms with van der Waals surface area (Å²) in [6.07, 6.45) is 2.67. The zero-order chi connectivity index (χ0) is 15.5. The number of carboxylic acids is 1. The molecule has 6 nitrogen and oxygen atoms in total. The van der Waals surface area contributed by atoms with Crippen molar-refractivity contribution in [2.24, 2.45) is 0 Å². The van der Waals surface area contributed by atoms with Crippen molar-refractivity contribution in [1.29, 1.82) is 0 Å². The minimum atomic E-state index is -3.71. The molecule has 1 heterocycles. The highest BCUT2D eigenvalue weighted by Gasteiger charge is 2.20. The van der Waals surface area contributed by atoms with Crippen molar-refractivity contribution in [1.82, 2.24) is 4.72 Å². The van der Waals surface area contributed by atoms with Crippen LogP contribution in [0.3, 0.4) is 0 Å². The number of hydrogen-bond donors (Lipinski definition) is 2. The lowest BCUT2D eigenvalue weighted by molar-refractivity contribution is 0.0695. The molecule has 1 unspecified atom stereocenters. The lowest BCUT2D eigenvalue weighted by Crippen LogP contribution is -2.27. The van der Waals surface area contributed by atoms with Crippen molar-refractivity contribution < 1.29 is 23.1 Å². The van der Waals surface area contributed by atoms with Crippen LogP contribution in [0.1, 0.15) is 29.6 Å². The summed E-state index contributed by atoms with van der Waals surface area (Å²) in [5.41, 5.74) is -0.0861. The summed E-state index contributed by atoms with van der Waals surface area (Å²) in [6, 6.07) is 3.92. The number of hydrogen-bond acceptors (Lipinski definition) is 4. The Morgan fingerprint density at radius 3 is 2.86 bits per heavy atom. The summed E-state index contributed by atoms with van der Waals surface area (Å²) in [6.45, 7) is 0.998. The van der Waals surface area contributed by atoms with Crippen molar-refractivity contribution in [2.45, 2.75) is 30.3 Å². The number of carbonyl (C=O) groups is 1. The van der Waals surface area contributed by atoms with Crippen molar-refractivity contribution in [3.05, 3.63) is 28.2 Å². The van der Waals surface area contributed by atoms with Gasteiger partial charge < -0.3 is 9.84 Å². The molecule has 0 saturated carbocycles. The van der Waals surface area contributed by atoms with Crippen molar-refractivity contribution in [3.8, 4) is 0 Å². The van der Waals surface area contributed by atoms with E-state index in [0.717, 1.165) is 25.5 Å². The molecule has 1 aliphatic heterocycles. The number of nitrogens with one attached hydrogen (secondary N) is 1. The van der Waals surface area contributed by atoms with Gasteiger partial charge in [0, 0.05) is 17.6 Å². The Bertz CT molecular complexity index is 625. The van der Waals surface area contributed by atoms with Crippen LogP contribution in [-0.2, 0) is 14.8 Å². The summed E-state index contributed by atoms with van der Waals surface area (Å²) < 4.78 is 32.5. The average Bonchev–Trinajstić information content (AvgIpc) is 2.91. The molecule has 1 aromatic rings. The number of ether oxygens (including phenoxy) is 1. The minimum absolute atomic E-state index is 0.0598. The van der Waals surface area contributed by atoms with Crippen molar-refractivity contribution >= 4 is 31.9 Å². The van der Waals surface area contributed by atoms with Crippen LogP contribution >= 0.6 is 15.9 Å². The highest BCUT2D eigenvalue weighted by Crippen LogP contribution is 2.21. The van der Waals surface area contributed by atoms with E-state index in [-0.39, 0.29) is 23.1 Å². The maximum atomic E-state index is 12.1. The standard InChI is InChI=1S/C13H16BrNO5S/c14-12-4-3-10(8-11(12)13(16)17)21(18,19)15-6-5-9-2-1-7-20-9/h3-4,8-9,15H,1-2,5-7H2,(H,16,17). The van der Waals surface area contributed by atoms with E-state index in [1.807, 2.05) is 0 Å². The van der Waals surface area contributed by atoms with Gasteiger partial charge in [-0.05, 0) is 53.4 Å². The average molecular weight is 378 g/mol. The maximum Gasteiger partial charge on any atom is 0.336 e. The molecule has 0 bridgehead atoms. The molecule has 1 atom stereocenters. The van der Waals surface area contributed by atoms with Gasteiger partial charge in [0.25, 0.3) is 0 Å². The van der Waals surface area contributed by atoms with Gasteiger partial charge in [-0.25, -0.2) is 17.9 Å². The molecule has 1 fully saturated rings. The first-order valence-corrected chi connectivity index (χ1v) is 8.82. The Labute approximate surface area is 131 Å². The normalized spacial score (nSPS) is 18.8. The first-order chi connectivity index (χ1) is 9.90. The van der Waals surface area contributed by atoms with Gasteiger partial charge in [-0.1, -0.05) is 0 Å². The SMILES string of the molecule is O=C(O)c1cc(S(=O)(=O)NCCC2CCCO2)ccc1Br. The summed E-state index contributed by atoms with van der Waals surface area (Å²) in [5.74, 6) is -1.18. The Morgan fingerprint density at radius 1 is 1.48 bits per heavy atom. The van der Waals surface area contributed by atoms with E-state index >= 15 is 0 Å². The number of carboxylic acid groups (broad SMARTS) is 1. The fraction of sp³-hybridized carbons (Fsp3) is 0.462. The van der Waals surface area contributed by atoms with Gasteiger partial charge in [0.05, 0.1) is 16.6 Å². The van der Waals surface area contributed by atoms with Crippen LogP contribution < -0.4 is 4.72 Å². The molecule has 0 aromatic heterocycles. The molecular formula is C13H16BrNO5S. The van der Waals surface area contributed by atoms with E-state index in [1.165, 1.54) is 12.1 Å². The second kappa shape index (κ2) is 6.87. The third-order valence-electron chi connectivity index (χ3n) is 3.26. The third kappa shape index (κ3) is 4.26. The van der Waals surface area contributed by atoms with Crippen LogP contribution in [0.25, 0.3) is 0 Å². The highest BCUT2D eigenvalue weighted by atomic mass is 79.9. The van der Waals surface area contributed by atoms with Crippen LogP contribution in [0.4, 0.5) is 0 Å². The molecular weight excluding hydrogens is 362 g/mol. The number of sulfonamides is 1. The summed E-state index contributed by atoms with van der Waals surface area (Å²) in [4.78, 5) is 11.0. The Balaban J connectivity index is 2.04. The van der Waals surface area contributed by atoms with E-state index in [9.17, 15) is 13.2 Å². The lowest BCUT2D eigenvalue weighted by atomic mass is 10.2. The Morgan fingerprint density at radius 2 is 2.24 bits per heavy atom. The first kappa shape index (κ1) is 16.4. The summed E-state index contributed by atoms with van der Waals surface area (Å²) in [7, 11) is -3.71. The number of rotatable bonds is 6. The molecule has 0 aliphatic carbocycles. The quantitative estimate of drug-likeness (QED) is 0.790. The molecule has 1 aromatic carbocycles. The second-order valence-corrected chi connectivity index (χ2v) is 7.39. The zero-order valence-corrected chi connectivity index (χ0v) is 13.6. The van der Waals surface area contributed by atoms with Crippen molar-refractivity contribution in [2.75, 3.05) is 13.2 Å². The summed E-state index contributed by atoms with van der Waals surface area (Å²) in [5, 5.41) is 9.01. The molecule has 2 rings (SSSR count). The van der Waals surface area contributed by atoms with E-state index in [0.29, 0.717) is 10.9 Å².